The van der Waals surface area contributed by atoms with Gasteiger partial charge in [0.25, 0.3) is 5.91 Å². The highest BCUT2D eigenvalue weighted by Gasteiger charge is 2.52. The number of esters is 1. The summed E-state index contributed by atoms with van der Waals surface area (Å²) in [4.78, 5) is 47.3. The molecule has 13 atom stereocenters. The number of likely N-dealkylation sites (N-methyl/N-ethyl adjacent to an activating group) is 1. The van der Waals surface area contributed by atoms with Crippen molar-refractivity contribution in [2.45, 2.75) is 129 Å². The number of aliphatic imine (C=N–C) groups is 1. The van der Waals surface area contributed by atoms with Gasteiger partial charge in [0, 0.05) is 30.7 Å². The fourth-order valence-electron chi connectivity index (χ4n) is 7.73. The normalized spacial score (nSPS) is 43.2. The molecule has 49 heavy (non-hydrogen) atoms. The second-order valence-corrected chi connectivity index (χ2v) is 14.7. The maximum Gasteiger partial charge on any atom is 0.316 e. The number of ketones is 1. The van der Waals surface area contributed by atoms with E-state index < -0.39 is 83.2 Å². The van der Waals surface area contributed by atoms with Crippen LogP contribution in [0.25, 0.3) is 0 Å². The van der Waals surface area contributed by atoms with Gasteiger partial charge in [0.2, 0.25) is 0 Å². The van der Waals surface area contributed by atoms with Crippen LogP contribution >= 0.6 is 0 Å². The van der Waals surface area contributed by atoms with Gasteiger partial charge in [-0.3, -0.25) is 14.4 Å². The van der Waals surface area contributed by atoms with E-state index in [9.17, 15) is 24.6 Å². The van der Waals surface area contributed by atoms with E-state index in [-0.39, 0.29) is 44.8 Å². The zero-order chi connectivity index (χ0) is 36.8. The molecule has 2 bridgehead atoms. The largest absolute Gasteiger partial charge is 0.459 e. The molecule has 3 aliphatic rings. The van der Waals surface area contributed by atoms with Gasteiger partial charge in [0.1, 0.15) is 30.3 Å². The van der Waals surface area contributed by atoms with Crippen LogP contribution in [0.5, 0.6) is 0 Å². The van der Waals surface area contributed by atoms with E-state index in [0.29, 0.717) is 12.1 Å². The second-order valence-electron chi connectivity index (χ2n) is 14.7. The second kappa shape index (κ2) is 17.4. The lowest BCUT2D eigenvalue weighted by Gasteiger charge is -2.48. The van der Waals surface area contributed by atoms with E-state index in [1.54, 1.807) is 32.9 Å². The van der Waals surface area contributed by atoms with Crippen LogP contribution in [0.2, 0.25) is 0 Å². The highest BCUT2D eigenvalue weighted by Crippen LogP contribution is 2.39. The maximum absolute atomic E-state index is 14.2. The molecule has 0 saturated carbocycles. The summed E-state index contributed by atoms with van der Waals surface area (Å²) >= 11 is 0. The van der Waals surface area contributed by atoms with Crippen LogP contribution in [-0.2, 0) is 42.8 Å². The Labute approximate surface area is 291 Å². The number of ether oxygens (including phenoxy) is 6. The predicted molar refractivity (Wildman–Crippen MR) is 182 cm³/mol. The molecule has 3 rings (SSSR count). The lowest BCUT2D eigenvalue weighted by atomic mass is 9.73. The Bertz CT molecular complexity index is 1210. The minimum Gasteiger partial charge on any atom is -0.459 e. The average molecular weight is 697 g/mol. The van der Waals surface area contributed by atoms with E-state index in [2.05, 4.69) is 4.99 Å². The summed E-state index contributed by atoms with van der Waals surface area (Å²) in [6.45, 7) is 13.9. The number of Topliss-reactive ketones (excluding diaryl/α,β-unsaturated/α-hetero) is 1. The number of amides is 1. The van der Waals surface area contributed by atoms with Crippen molar-refractivity contribution in [1.82, 2.24) is 4.90 Å². The van der Waals surface area contributed by atoms with E-state index >= 15 is 0 Å². The van der Waals surface area contributed by atoms with Crippen molar-refractivity contribution in [2.24, 2.45) is 28.7 Å². The number of hydrogen-bond donors (Lipinski definition) is 2. The molecular formula is C36H60N2O11. The summed E-state index contributed by atoms with van der Waals surface area (Å²) in [5.41, 5.74) is -2.57. The van der Waals surface area contributed by atoms with E-state index in [1.807, 2.05) is 46.7 Å². The maximum atomic E-state index is 14.2. The molecule has 3 aliphatic heterocycles. The van der Waals surface area contributed by atoms with Crippen LogP contribution in [0, 0.1) is 23.7 Å². The van der Waals surface area contributed by atoms with Gasteiger partial charge in [-0.05, 0) is 67.0 Å². The summed E-state index contributed by atoms with van der Waals surface area (Å²) in [5, 5.41) is 23.6. The number of cyclic esters (lactones) is 1. The van der Waals surface area contributed by atoms with Crippen molar-refractivity contribution in [3.8, 4) is 0 Å². The Morgan fingerprint density at radius 1 is 1.08 bits per heavy atom. The van der Waals surface area contributed by atoms with Crippen molar-refractivity contribution in [1.29, 1.82) is 0 Å². The Morgan fingerprint density at radius 3 is 2.35 bits per heavy atom. The van der Waals surface area contributed by atoms with E-state index in [4.69, 9.17) is 28.4 Å². The van der Waals surface area contributed by atoms with Crippen molar-refractivity contribution >= 4 is 23.4 Å². The first-order chi connectivity index (χ1) is 22.9. The molecule has 0 aromatic heterocycles. The molecule has 1 unspecified atom stereocenters. The van der Waals surface area contributed by atoms with E-state index in [1.165, 1.54) is 14.0 Å². The summed E-state index contributed by atoms with van der Waals surface area (Å²) < 4.78 is 36.7. The molecule has 0 aromatic rings. The molecule has 0 aliphatic carbocycles. The number of carbonyl (C=O) groups is 3. The van der Waals surface area contributed by atoms with Gasteiger partial charge in [-0.15, -0.1) is 0 Å². The molecule has 2 N–H and O–H groups in total. The first kappa shape index (κ1) is 41.3. The van der Waals surface area contributed by atoms with Crippen LogP contribution in [-0.4, -0.2) is 134 Å². The quantitative estimate of drug-likeness (QED) is 0.238. The number of carbonyl (C=O) groups excluding carboxylic acids is 3. The van der Waals surface area contributed by atoms with Crippen LogP contribution < -0.4 is 0 Å². The van der Waals surface area contributed by atoms with Gasteiger partial charge in [0.15, 0.2) is 12.1 Å². The van der Waals surface area contributed by atoms with Crippen molar-refractivity contribution < 1.29 is 53.0 Å². The molecule has 2 fully saturated rings. The minimum absolute atomic E-state index is 0.0838. The Hall–Kier alpha value is -2.10. The monoisotopic (exact) mass is 696 g/mol. The van der Waals surface area contributed by atoms with Crippen LogP contribution in [0.4, 0.5) is 0 Å². The average Bonchev–Trinajstić information content (AvgIpc) is 3.03. The number of aliphatic hydroxyl groups is 2. The van der Waals surface area contributed by atoms with Gasteiger partial charge < -0.3 is 43.5 Å². The van der Waals surface area contributed by atoms with Crippen molar-refractivity contribution in [3.63, 3.8) is 0 Å². The van der Waals surface area contributed by atoms with Gasteiger partial charge >= 0.3 is 5.97 Å². The van der Waals surface area contributed by atoms with Gasteiger partial charge in [0.05, 0.1) is 37.1 Å². The molecule has 0 radical (unpaired) electrons. The molecular weight excluding hydrogens is 636 g/mol. The Balaban J connectivity index is 2.29. The number of hydrogen-bond acceptors (Lipinski definition) is 12. The first-order valence-electron chi connectivity index (χ1n) is 17.5. The molecule has 0 spiro atoms. The third-order valence-corrected chi connectivity index (χ3v) is 10.4. The fourth-order valence-corrected chi connectivity index (χ4v) is 7.73. The Kier molecular flexibility index (Phi) is 14.7. The van der Waals surface area contributed by atoms with Gasteiger partial charge in [-0.25, -0.2) is 4.99 Å². The molecule has 13 heteroatoms. The zero-order valence-electron chi connectivity index (χ0n) is 31.2. The number of methoxy groups -OCH3 is 1. The smallest absolute Gasteiger partial charge is 0.316 e. The SMILES string of the molecule is CC[C@H]1OC(=O)C(C)C(=O)[C@@H](C)[C@@H](O[C@@H]2O[C@H](C)C[C@H](N(C)C)[C@H]2O)[C@]2(C)C[C@@H](C)C(=NC(=O)COC)[C@H](C)[C@@H](OC/C=C/CO2)[C@]1(C)O. The number of rotatable bonds is 6. The van der Waals surface area contributed by atoms with Gasteiger partial charge in [-0.1, -0.05) is 39.8 Å². The summed E-state index contributed by atoms with van der Waals surface area (Å²) in [7, 11) is 5.16. The highest BCUT2D eigenvalue weighted by atomic mass is 16.7. The topological polar surface area (TPSA) is 163 Å². The predicted octanol–water partition coefficient (Wildman–Crippen LogP) is 2.73. The standard InChI is InChI=1S/C36H60N2O11/c1-12-26-36(8,43)32-22(4)28(37-27(39)19-44-11)20(2)18-35(7,46-16-14-13-15-45-32)31(23(5)29(40)24(6)33(42)48-26)49-34-30(41)25(38(9)10)17-21(3)47-34/h13-14,20-26,30-32,34,41,43H,12,15-19H2,1-11H3/b14-13+,37-28?/t20-,21-,22+,23-,24?,25+,26-,30-,31-,32-,34+,35+,36-/m1/s1. The zero-order valence-corrected chi connectivity index (χ0v) is 31.2. The Morgan fingerprint density at radius 2 is 1.73 bits per heavy atom. The number of aliphatic hydroxyl groups excluding tert-OH is 1. The van der Waals surface area contributed by atoms with Gasteiger partial charge in [-0.2, -0.15) is 0 Å². The fraction of sp³-hybridized carbons (Fsp3) is 0.833. The molecule has 3 heterocycles. The van der Waals surface area contributed by atoms with Crippen LogP contribution in [0.15, 0.2) is 17.1 Å². The van der Waals surface area contributed by atoms with E-state index in [0.717, 1.165) is 0 Å². The highest BCUT2D eigenvalue weighted by molar-refractivity contribution is 6.00. The number of nitrogens with zero attached hydrogens (tertiary/aromatic N) is 2. The molecule has 2 saturated heterocycles. The molecule has 280 valence electrons. The minimum atomic E-state index is -1.75. The molecule has 13 nitrogen and oxygen atoms in total. The van der Waals surface area contributed by atoms with Crippen LogP contribution in [0.1, 0.15) is 74.7 Å². The molecule has 0 aromatic carbocycles. The third-order valence-electron chi connectivity index (χ3n) is 10.4. The lowest BCUT2D eigenvalue weighted by molar-refractivity contribution is -0.296. The van der Waals surface area contributed by atoms with Crippen molar-refractivity contribution in [3.05, 3.63) is 12.2 Å². The molecule has 1 amide bonds. The first-order valence-corrected chi connectivity index (χ1v) is 17.5. The number of fused-ring (bicyclic) bond motifs is 5. The third kappa shape index (κ3) is 9.62. The summed E-state index contributed by atoms with van der Waals surface area (Å²) in [6, 6.07) is -0.277. The summed E-state index contributed by atoms with van der Waals surface area (Å²) in [6.07, 6.45) is -0.933. The lowest BCUT2D eigenvalue weighted by Crippen LogP contribution is -2.60. The summed E-state index contributed by atoms with van der Waals surface area (Å²) in [5.74, 6) is -5.07. The van der Waals surface area contributed by atoms with Crippen LogP contribution in [0.3, 0.4) is 0 Å². The van der Waals surface area contributed by atoms with Crippen molar-refractivity contribution in [2.75, 3.05) is 41.0 Å².